The van der Waals surface area contributed by atoms with Crippen molar-refractivity contribution < 1.29 is 17.9 Å². The third kappa shape index (κ3) is 3.70. The van der Waals surface area contributed by atoms with Crippen molar-refractivity contribution in [2.45, 2.75) is 18.1 Å². The molecule has 3 rings (SSSR count). The molecule has 0 radical (unpaired) electrons. The summed E-state index contributed by atoms with van der Waals surface area (Å²) in [5, 5.41) is -0.473. The van der Waals surface area contributed by atoms with E-state index in [2.05, 4.69) is 9.88 Å². The van der Waals surface area contributed by atoms with Crippen LogP contribution in [0.5, 0.6) is 0 Å². The molecule has 24 heavy (non-hydrogen) atoms. The highest BCUT2D eigenvalue weighted by Gasteiger charge is 2.32. The Balaban J connectivity index is 1.82. The lowest BCUT2D eigenvalue weighted by Gasteiger charge is -2.34. The maximum Gasteiger partial charge on any atom is 0.257 e. The highest BCUT2D eigenvalue weighted by atomic mass is 32.2. The largest absolute Gasteiger partial charge is 0.378 e. The maximum atomic E-state index is 13.0. The Morgan fingerprint density at radius 3 is 2.75 bits per heavy atom. The third-order valence-electron chi connectivity index (χ3n) is 4.60. The van der Waals surface area contributed by atoms with Gasteiger partial charge in [0.05, 0.1) is 24.0 Å². The minimum atomic E-state index is -3.14. The van der Waals surface area contributed by atoms with Crippen LogP contribution in [0.2, 0.25) is 0 Å². The Morgan fingerprint density at radius 2 is 2.04 bits per heavy atom. The van der Waals surface area contributed by atoms with Crippen molar-refractivity contribution in [2.75, 3.05) is 50.5 Å². The summed E-state index contributed by atoms with van der Waals surface area (Å²) in [6.45, 7) is 3.47. The summed E-state index contributed by atoms with van der Waals surface area (Å²) < 4.78 is 29.0. The average Bonchev–Trinajstić information content (AvgIpc) is 2.61. The number of carbonyl (C=O) groups excluding carboxylic acids is 1. The van der Waals surface area contributed by atoms with Gasteiger partial charge in [-0.3, -0.25) is 4.79 Å². The van der Waals surface area contributed by atoms with Crippen molar-refractivity contribution in [3.63, 3.8) is 0 Å². The van der Waals surface area contributed by atoms with E-state index in [1.54, 1.807) is 23.2 Å². The van der Waals surface area contributed by atoms with Gasteiger partial charge in [0.15, 0.2) is 9.84 Å². The van der Waals surface area contributed by atoms with Crippen LogP contribution in [0, 0.1) is 0 Å². The van der Waals surface area contributed by atoms with E-state index in [1.807, 2.05) is 0 Å². The van der Waals surface area contributed by atoms with Crippen molar-refractivity contribution in [3.8, 4) is 0 Å². The monoisotopic (exact) mass is 353 g/mol. The summed E-state index contributed by atoms with van der Waals surface area (Å²) in [7, 11) is -3.14. The number of hydrogen-bond acceptors (Lipinski definition) is 6. The van der Waals surface area contributed by atoms with Crippen molar-refractivity contribution in [1.82, 2.24) is 9.88 Å². The van der Waals surface area contributed by atoms with Gasteiger partial charge in [-0.1, -0.05) is 0 Å². The van der Waals surface area contributed by atoms with Crippen LogP contribution in [0.3, 0.4) is 0 Å². The lowest BCUT2D eigenvalue weighted by molar-refractivity contribution is 0.0726. The van der Waals surface area contributed by atoms with Gasteiger partial charge in [-0.25, -0.2) is 13.4 Å². The summed E-state index contributed by atoms with van der Waals surface area (Å²) >= 11 is 0. The van der Waals surface area contributed by atoms with Crippen molar-refractivity contribution >= 4 is 21.6 Å². The normalized spacial score (nSPS) is 22.5. The quantitative estimate of drug-likeness (QED) is 0.790. The molecule has 0 aliphatic carbocycles. The van der Waals surface area contributed by atoms with Gasteiger partial charge in [-0.05, 0) is 25.0 Å². The number of carbonyl (C=O) groups is 1. The number of hydrogen-bond donors (Lipinski definition) is 0. The summed E-state index contributed by atoms with van der Waals surface area (Å²) in [4.78, 5) is 21.1. The molecule has 8 heteroatoms. The van der Waals surface area contributed by atoms with Crippen molar-refractivity contribution in [2.24, 2.45) is 0 Å². The van der Waals surface area contributed by atoms with Crippen molar-refractivity contribution in [3.05, 3.63) is 23.9 Å². The van der Waals surface area contributed by atoms with Gasteiger partial charge < -0.3 is 14.5 Å². The molecule has 1 unspecified atom stereocenters. The molecule has 0 aromatic carbocycles. The molecule has 1 amide bonds. The van der Waals surface area contributed by atoms with Gasteiger partial charge in [0, 0.05) is 38.6 Å². The van der Waals surface area contributed by atoms with Crippen LogP contribution < -0.4 is 4.90 Å². The molecule has 3 heterocycles. The number of pyridine rings is 1. The van der Waals surface area contributed by atoms with Gasteiger partial charge >= 0.3 is 0 Å². The molecule has 1 atom stereocenters. The van der Waals surface area contributed by atoms with Gasteiger partial charge in [0.2, 0.25) is 0 Å². The van der Waals surface area contributed by atoms with E-state index in [-0.39, 0.29) is 12.5 Å². The van der Waals surface area contributed by atoms with E-state index in [0.717, 1.165) is 0 Å². The number of piperidine rings is 1. The maximum absolute atomic E-state index is 13.0. The van der Waals surface area contributed by atoms with E-state index >= 15 is 0 Å². The van der Waals surface area contributed by atoms with E-state index in [1.165, 1.54) is 6.26 Å². The van der Waals surface area contributed by atoms with Crippen LogP contribution in [-0.2, 0) is 14.6 Å². The Kier molecular flexibility index (Phi) is 5.05. The zero-order chi connectivity index (χ0) is 17.2. The predicted octanol–water partition coefficient (Wildman–Crippen LogP) is 0.567. The molecule has 2 fully saturated rings. The number of amides is 1. The molecule has 7 nitrogen and oxygen atoms in total. The Morgan fingerprint density at radius 1 is 1.29 bits per heavy atom. The van der Waals surface area contributed by atoms with Crippen LogP contribution >= 0.6 is 0 Å². The fraction of sp³-hybridized carbons (Fsp3) is 0.625. The van der Waals surface area contributed by atoms with Crippen LogP contribution in [0.1, 0.15) is 23.2 Å². The summed E-state index contributed by atoms with van der Waals surface area (Å²) in [5.41, 5.74) is 0.536. The van der Waals surface area contributed by atoms with Crippen LogP contribution in [0.25, 0.3) is 0 Å². The minimum Gasteiger partial charge on any atom is -0.378 e. The van der Waals surface area contributed by atoms with Gasteiger partial charge in [-0.2, -0.15) is 0 Å². The lowest BCUT2D eigenvalue weighted by Crippen LogP contribution is -2.45. The molecule has 2 saturated heterocycles. The van der Waals surface area contributed by atoms with Gasteiger partial charge in [0.25, 0.3) is 5.91 Å². The third-order valence-corrected chi connectivity index (χ3v) is 6.19. The first-order valence-electron chi connectivity index (χ1n) is 8.22. The predicted molar refractivity (Wildman–Crippen MR) is 91.0 cm³/mol. The van der Waals surface area contributed by atoms with Crippen LogP contribution in [0.4, 0.5) is 5.82 Å². The number of likely N-dealkylation sites (tertiary alicyclic amines) is 1. The SMILES string of the molecule is CS(=O)(=O)C1CCCN(C(=O)c2cccnc2N2CCOCC2)C1. The minimum absolute atomic E-state index is 0.141. The number of rotatable bonds is 3. The number of morpholine rings is 1. The molecule has 132 valence electrons. The molecule has 0 N–H and O–H groups in total. The molecule has 0 bridgehead atoms. The zero-order valence-electron chi connectivity index (χ0n) is 13.8. The molecular formula is C16H23N3O4S. The molecular weight excluding hydrogens is 330 g/mol. The number of anilines is 1. The molecule has 2 aliphatic heterocycles. The van der Waals surface area contributed by atoms with Crippen LogP contribution in [0.15, 0.2) is 18.3 Å². The van der Waals surface area contributed by atoms with Crippen molar-refractivity contribution in [1.29, 1.82) is 0 Å². The standard InChI is InChI=1S/C16H23N3O4S/c1-24(21,22)13-4-3-7-19(12-13)16(20)14-5-2-6-17-15(14)18-8-10-23-11-9-18/h2,5-6,13H,3-4,7-12H2,1H3. The number of sulfone groups is 1. The smallest absolute Gasteiger partial charge is 0.257 e. The second kappa shape index (κ2) is 7.06. The first-order chi connectivity index (χ1) is 11.5. The second-order valence-corrected chi connectivity index (χ2v) is 8.64. The van der Waals surface area contributed by atoms with Gasteiger partial charge in [0.1, 0.15) is 5.82 Å². The van der Waals surface area contributed by atoms with E-state index in [0.29, 0.717) is 57.1 Å². The highest BCUT2D eigenvalue weighted by molar-refractivity contribution is 7.91. The number of ether oxygens (including phenoxy) is 1. The Bertz CT molecular complexity index is 701. The van der Waals surface area contributed by atoms with E-state index in [9.17, 15) is 13.2 Å². The highest BCUT2D eigenvalue weighted by Crippen LogP contribution is 2.23. The fourth-order valence-corrected chi connectivity index (χ4v) is 4.28. The second-order valence-electron chi connectivity index (χ2n) is 6.32. The summed E-state index contributed by atoms with van der Waals surface area (Å²) in [5.74, 6) is 0.519. The molecule has 0 spiro atoms. The average molecular weight is 353 g/mol. The molecule has 0 saturated carbocycles. The van der Waals surface area contributed by atoms with E-state index in [4.69, 9.17) is 4.74 Å². The number of aromatic nitrogens is 1. The molecule has 1 aromatic heterocycles. The molecule has 1 aromatic rings. The lowest BCUT2D eigenvalue weighted by atomic mass is 10.1. The summed E-state index contributed by atoms with van der Waals surface area (Å²) in [6.07, 6.45) is 4.24. The number of nitrogens with zero attached hydrogens (tertiary/aromatic N) is 3. The van der Waals surface area contributed by atoms with Gasteiger partial charge in [-0.15, -0.1) is 0 Å². The fourth-order valence-electron chi connectivity index (χ4n) is 3.23. The first-order valence-corrected chi connectivity index (χ1v) is 10.2. The molecule has 2 aliphatic rings. The van der Waals surface area contributed by atoms with Crippen LogP contribution in [-0.4, -0.2) is 75.1 Å². The zero-order valence-corrected chi connectivity index (χ0v) is 14.7. The summed E-state index contributed by atoms with van der Waals surface area (Å²) in [6, 6.07) is 3.51. The van der Waals surface area contributed by atoms with E-state index < -0.39 is 15.1 Å². The Labute approximate surface area is 142 Å². The Hall–Kier alpha value is -1.67. The first kappa shape index (κ1) is 17.2. The topological polar surface area (TPSA) is 79.8 Å².